The maximum absolute atomic E-state index is 12.2. The average Bonchev–Trinajstić information content (AvgIpc) is 2.77. The molecular weight excluding hydrogens is 426 g/mol. The lowest BCUT2D eigenvalue weighted by molar-refractivity contribution is -0.385. The Labute approximate surface area is 189 Å². The summed E-state index contributed by atoms with van der Waals surface area (Å²) >= 11 is 1.54. The van der Waals surface area contributed by atoms with Gasteiger partial charge in [-0.2, -0.15) is 5.10 Å². The number of hydrogen-bond donors (Lipinski definition) is 1. The Morgan fingerprint density at radius 1 is 1.12 bits per heavy atom. The second-order valence-corrected chi connectivity index (χ2v) is 7.76. The molecule has 3 aromatic rings. The topological polar surface area (TPSA) is 110 Å². The number of carbonyl (C=O) groups is 1. The van der Waals surface area contributed by atoms with E-state index in [-0.39, 0.29) is 11.6 Å². The van der Waals surface area contributed by atoms with Crippen molar-refractivity contribution in [3.8, 4) is 0 Å². The van der Waals surface area contributed by atoms with E-state index in [9.17, 15) is 14.9 Å². The van der Waals surface area contributed by atoms with Gasteiger partial charge in [0.25, 0.3) is 11.6 Å². The molecule has 0 saturated heterocycles. The van der Waals surface area contributed by atoms with E-state index < -0.39 is 4.92 Å². The lowest BCUT2D eigenvalue weighted by Gasteiger charge is -2.04. The van der Waals surface area contributed by atoms with Crippen molar-refractivity contribution in [3.05, 3.63) is 98.9 Å². The number of allylic oxidation sites excluding steroid dienone is 1. The number of nitrogens with one attached hydrogen (secondary N) is 1. The number of amides is 1. The van der Waals surface area contributed by atoms with Crippen LogP contribution in [0.5, 0.6) is 0 Å². The number of hydrogen-bond acceptors (Lipinski definition) is 7. The Morgan fingerprint density at radius 3 is 2.50 bits per heavy atom. The third-order valence-corrected chi connectivity index (χ3v) is 5.20. The first-order chi connectivity index (χ1) is 15.4. The van der Waals surface area contributed by atoms with Gasteiger partial charge in [0.2, 0.25) is 0 Å². The van der Waals surface area contributed by atoms with Gasteiger partial charge in [0.15, 0.2) is 5.16 Å². The van der Waals surface area contributed by atoms with Crippen LogP contribution in [0, 0.1) is 24.0 Å². The van der Waals surface area contributed by atoms with Crippen LogP contribution in [0.2, 0.25) is 0 Å². The Bertz CT molecular complexity index is 1160. The molecule has 1 amide bonds. The first-order valence-electron chi connectivity index (χ1n) is 9.70. The third kappa shape index (κ3) is 6.58. The Hall–Kier alpha value is -3.85. The summed E-state index contributed by atoms with van der Waals surface area (Å²) in [5.41, 5.74) is 6.28. The molecule has 0 atom stereocenters. The standard InChI is InChI=1S/C23H21N5O3S/c1-16-14-17(2)26-23(25-16)32-15-18-9-11-20(12-10-18)22(29)27-24-13-5-7-19-6-3-4-8-21(19)28(30)31/h3-14H,15H2,1-2H3,(H,27,29)/b7-5+,24-13+. The van der Waals surface area contributed by atoms with E-state index in [0.717, 1.165) is 22.1 Å². The SMILES string of the molecule is Cc1cc(C)nc(SCc2ccc(C(=O)N/N=C/C=C/c3ccccc3[N+](=O)[O-])cc2)n1. The Kier molecular flexibility index (Phi) is 7.82. The highest BCUT2D eigenvalue weighted by atomic mass is 32.2. The van der Waals surface area contributed by atoms with Gasteiger partial charge in [-0.15, -0.1) is 0 Å². The zero-order valence-electron chi connectivity index (χ0n) is 17.6. The van der Waals surface area contributed by atoms with Crippen molar-refractivity contribution in [1.82, 2.24) is 15.4 Å². The molecule has 0 fully saturated rings. The largest absolute Gasteiger partial charge is 0.276 e. The maximum Gasteiger partial charge on any atom is 0.276 e. The quantitative estimate of drug-likeness (QED) is 0.176. The Morgan fingerprint density at radius 2 is 1.81 bits per heavy atom. The number of aromatic nitrogens is 2. The number of para-hydroxylation sites is 1. The molecule has 0 bridgehead atoms. The van der Waals surface area contributed by atoms with Crippen molar-refractivity contribution in [3.63, 3.8) is 0 Å². The van der Waals surface area contributed by atoms with Gasteiger partial charge >= 0.3 is 0 Å². The monoisotopic (exact) mass is 447 g/mol. The van der Waals surface area contributed by atoms with E-state index >= 15 is 0 Å². The zero-order valence-corrected chi connectivity index (χ0v) is 18.4. The molecule has 162 valence electrons. The lowest BCUT2D eigenvalue weighted by atomic mass is 10.1. The van der Waals surface area contributed by atoms with Gasteiger partial charge in [-0.05, 0) is 55.8 Å². The second kappa shape index (κ2) is 11.0. The number of nitro groups is 1. The molecule has 2 aromatic carbocycles. The normalized spacial score (nSPS) is 11.2. The minimum absolute atomic E-state index is 0.00327. The van der Waals surface area contributed by atoms with Gasteiger partial charge in [-0.25, -0.2) is 15.4 Å². The van der Waals surface area contributed by atoms with Crippen molar-refractivity contribution in [1.29, 1.82) is 0 Å². The fraction of sp³-hybridized carbons (Fsp3) is 0.130. The predicted octanol–water partition coefficient (Wildman–Crippen LogP) is 4.72. The first-order valence-corrected chi connectivity index (χ1v) is 10.7. The van der Waals surface area contributed by atoms with Gasteiger partial charge in [0, 0.05) is 35.0 Å². The number of thioether (sulfide) groups is 1. The van der Waals surface area contributed by atoms with Crippen LogP contribution in [0.4, 0.5) is 5.69 Å². The molecule has 9 heteroatoms. The highest BCUT2D eigenvalue weighted by molar-refractivity contribution is 7.98. The molecule has 1 aromatic heterocycles. The molecular formula is C23H21N5O3S. The molecule has 1 heterocycles. The van der Waals surface area contributed by atoms with Gasteiger partial charge in [-0.3, -0.25) is 14.9 Å². The minimum Gasteiger partial charge on any atom is -0.267 e. The van der Waals surface area contributed by atoms with Crippen LogP contribution in [0.15, 0.2) is 70.9 Å². The van der Waals surface area contributed by atoms with Crippen LogP contribution in [0.3, 0.4) is 0 Å². The maximum atomic E-state index is 12.2. The molecule has 0 spiro atoms. The van der Waals surface area contributed by atoms with E-state index in [1.165, 1.54) is 18.4 Å². The molecule has 8 nitrogen and oxygen atoms in total. The third-order valence-electron chi connectivity index (χ3n) is 4.28. The van der Waals surface area contributed by atoms with E-state index in [1.807, 2.05) is 32.0 Å². The summed E-state index contributed by atoms with van der Waals surface area (Å²) in [5.74, 6) is 0.344. The zero-order chi connectivity index (χ0) is 22.9. The lowest BCUT2D eigenvalue weighted by Crippen LogP contribution is -2.17. The van der Waals surface area contributed by atoms with E-state index in [1.54, 1.807) is 48.2 Å². The van der Waals surface area contributed by atoms with Gasteiger partial charge in [0.1, 0.15) is 0 Å². The van der Waals surface area contributed by atoms with Crippen molar-refractivity contribution in [2.24, 2.45) is 5.10 Å². The van der Waals surface area contributed by atoms with Gasteiger partial charge in [-0.1, -0.05) is 36.0 Å². The summed E-state index contributed by atoms with van der Waals surface area (Å²) in [7, 11) is 0. The number of rotatable bonds is 8. The molecule has 0 unspecified atom stereocenters. The molecule has 1 N–H and O–H groups in total. The van der Waals surface area contributed by atoms with Crippen molar-refractivity contribution >= 4 is 35.6 Å². The van der Waals surface area contributed by atoms with E-state index in [4.69, 9.17) is 0 Å². The minimum atomic E-state index is -0.449. The van der Waals surface area contributed by atoms with Crippen LogP contribution >= 0.6 is 11.8 Å². The van der Waals surface area contributed by atoms with Crippen molar-refractivity contribution in [2.75, 3.05) is 0 Å². The van der Waals surface area contributed by atoms with Gasteiger partial charge in [0.05, 0.1) is 10.5 Å². The van der Waals surface area contributed by atoms with E-state index in [0.29, 0.717) is 16.9 Å². The molecule has 0 aliphatic rings. The highest BCUT2D eigenvalue weighted by Crippen LogP contribution is 2.20. The number of nitrogens with zero attached hydrogens (tertiary/aromatic N) is 4. The van der Waals surface area contributed by atoms with Crippen LogP contribution < -0.4 is 5.43 Å². The molecule has 0 saturated carbocycles. The highest BCUT2D eigenvalue weighted by Gasteiger charge is 2.09. The summed E-state index contributed by atoms with van der Waals surface area (Å²) in [5, 5.41) is 15.6. The summed E-state index contributed by atoms with van der Waals surface area (Å²) < 4.78 is 0. The summed E-state index contributed by atoms with van der Waals surface area (Å²) in [6.45, 7) is 3.88. The molecule has 0 aliphatic carbocycles. The fourth-order valence-corrected chi connectivity index (χ4v) is 3.71. The average molecular weight is 448 g/mol. The molecule has 3 rings (SSSR count). The number of aryl methyl sites for hydroxylation is 2. The van der Waals surface area contributed by atoms with Gasteiger partial charge < -0.3 is 0 Å². The van der Waals surface area contributed by atoms with Crippen LogP contribution in [-0.2, 0) is 5.75 Å². The number of hydrazone groups is 1. The van der Waals surface area contributed by atoms with Crippen LogP contribution in [-0.4, -0.2) is 27.0 Å². The summed E-state index contributed by atoms with van der Waals surface area (Å²) in [6, 6.07) is 15.5. The van der Waals surface area contributed by atoms with E-state index in [2.05, 4.69) is 20.5 Å². The first kappa shape index (κ1) is 22.8. The molecule has 32 heavy (non-hydrogen) atoms. The van der Waals surface area contributed by atoms with Crippen molar-refractivity contribution in [2.45, 2.75) is 24.8 Å². The summed E-state index contributed by atoms with van der Waals surface area (Å²) in [4.78, 5) is 31.6. The number of carbonyl (C=O) groups excluding carboxylic acids is 1. The fourth-order valence-electron chi connectivity index (χ4n) is 2.80. The molecule has 0 aliphatic heterocycles. The number of benzene rings is 2. The smallest absolute Gasteiger partial charge is 0.267 e. The number of nitro benzene ring substituents is 1. The predicted molar refractivity (Wildman–Crippen MR) is 126 cm³/mol. The van der Waals surface area contributed by atoms with Crippen LogP contribution in [0.1, 0.15) is 32.9 Å². The summed E-state index contributed by atoms with van der Waals surface area (Å²) in [6.07, 6.45) is 4.45. The van der Waals surface area contributed by atoms with Crippen molar-refractivity contribution < 1.29 is 9.72 Å². The second-order valence-electron chi connectivity index (χ2n) is 6.81. The van der Waals surface area contributed by atoms with Crippen LogP contribution in [0.25, 0.3) is 6.08 Å². The molecule has 0 radical (unpaired) electrons. The Balaban J connectivity index is 1.52.